The van der Waals surface area contributed by atoms with Gasteiger partial charge in [-0.05, 0) is 25.3 Å². The summed E-state index contributed by atoms with van der Waals surface area (Å²) in [4.78, 5) is 14.4. The van der Waals surface area contributed by atoms with Crippen LogP contribution in [0.1, 0.15) is 36.8 Å². The van der Waals surface area contributed by atoms with E-state index in [2.05, 4.69) is 4.99 Å². The molecule has 0 atom stereocenters. The molecule has 2 rings (SSSR count). The molecule has 2 N–H and O–H groups in total. The number of isocyanates is 1. The smallest absolute Gasteiger partial charge is 0.235 e. The van der Waals surface area contributed by atoms with Gasteiger partial charge in [0.05, 0.1) is 0 Å². The van der Waals surface area contributed by atoms with Crippen molar-refractivity contribution in [1.82, 2.24) is 0 Å². The summed E-state index contributed by atoms with van der Waals surface area (Å²) in [6, 6.07) is 3.46. The first-order valence-corrected chi connectivity index (χ1v) is 5.72. The first kappa shape index (κ1) is 11.7. The second kappa shape index (κ2) is 4.22. The summed E-state index contributed by atoms with van der Waals surface area (Å²) in [7, 11) is 0. The lowest BCUT2D eigenvalue weighted by atomic mass is 9.87. The van der Waals surface area contributed by atoms with Crippen molar-refractivity contribution in [2.45, 2.75) is 38.1 Å². The second-order valence-corrected chi connectivity index (χ2v) is 4.57. The number of rotatable bonds is 2. The molecule has 1 aromatic carbocycles. The molecule has 4 heteroatoms. The van der Waals surface area contributed by atoms with E-state index in [1.165, 1.54) is 0 Å². The van der Waals surface area contributed by atoms with Crippen molar-refractivity contribution in [1.29, 1.82) is 0 Å². The van der Waals surface area contributed by atoms with Crippen LogP contribution in [-0.2, 0) is 10.3 Å². The average molecular weight is 233 g/mol. The van der Waals surface area contributed by atoms with E-state index in [1.54, 1.807) is 25.1 Å². The van der Waals surface area contributed by atoms with Crippen LogP contribution in [0.2, 0.25) is 0 Å². The highest BCUT2D eigenvalue weighted by atomic mass is 16.3. The lowest BCUT2D eigenvalue weighted by molar-refractivity contribution is 0.371. The third-order valence-corrected chi connectivity index (χ3v) is 3.54. The zero-order chi connectivity index (χ0) is 12.5. The zero-order valence-corrected chi connectivity index (χ0v) is 9.73. The molecule has 0 aromatic heterocycles. The number of phenols is 2. The SMILES string of the molecule is Cc1ccc(C2(N=C=O)CCCC2)c(O)c1O. The summed E-state index contributed by atoms with van der Waals surface area (Å²) in [6.07, 6.45) is 4.92. The fourth-order valence-corrected chi connectivity index (χ4v) is 2.54. The number of hydrogen-bond donors (Lipinski definition) is 2. The van der Waals surface area contributed by atoms with E-state index in [0.717, 1.165) is 12.8 Å². The van der Waals surface area contributed by atoms with Gasteiger partial charge in [0.25, 0.3) is 0 Å². The quantitative estimate of drug-likeness (QED) is 0.468. The van der Waals surface area contributed by atoms with Crippen LogP contribution in [0.15, 0.2) is 17.1 Å². The van der Waals surface area contributed by atoms with E-state index in [4.69, 9.17) is 0 Å². The molecule has 0 heterocycles. The summed E-state index contributed by atoms with van der Waals surface area (Å²) >= 11 is 0. The topological polar surface area (TPSA) is 69.9 Å². The van der Waals surface area contributed by atoms with Gasteiger partial charge < -0.3 is 10.2 Å². The third-order valence-electron chi connectivity index (χ3n) is 3.54. The molecule has 4 nitrogen and oxygen atoms in total. The van der Waals surface area contributed by atoms with E-state index in [9.17, 15) is 15.0 Å². The molecular formula is C13H15NO3. The van der Waals surface area contributed by atoms with Crippen LogP contribution < -0.4 is 0 Å². The fraction of sp³-hybridized carbons (Fsp3) is 0.462. The van der Waals surface area contributed by atoms with Crippen molar-refractivity contribution in [2.75, 3.05) is 0 Å². The molecule has 0 bridgehead atoms. The van der Waals surface area contributed by atoms with Gasteiger partial charge in [0.1, 0.15) is 5.54 Å². The summed E-state index contributed by atoms with van der Waals surface area (Å²) in [5.41, 5.74) is 0.438. The van der Waals surface area contributed by atoms with Crippen LogP contribution in [0.25, 0.3) is 0 Å². The molecule has 90 valence electrons. The molecule has 1 aromatic rings. The third kappa shape index (κ3) is 1.81. The lowest BCUT2D eigenvalue weighted by Crippen LogP contribution is -2.19. The second-order valence-electron chi connectivity index (χ2n) is 4.57. The largest absolute Gasteiger partial charge is 0.504 e. The van der Waals surface area contributed by atoms with Crippen LogP contribution in [0.4, 0.5) is 0 Å². The van der Waals surface area contributed by atoms with Gasteiger partial charge in [0.2, 0.25) is 6.08 Å². The van der Waals surface area contributed by atoms with Crippen LogP contribution in [0.5, 0.6) is 11.5 Å². The Kier molecular flexibility index (Phi) is 2.90. The van der Waals surface area contributed by atoms with Crippen LogP contribution in [-0.4, -0.2) is 16.3 Å². The minimum atomic E-state index is -0.697. The highest BCUT2D eigenvalue weighted by Crippen LogP contribution is 2.48. The van der Waals surface area contributed by atoms with Crippen LogP contribution in [0.3, 0.4) is 0 Å². The van der Waals surface area contributed by atoms with E-state index in [-0.39, 0.29) is 11.5 Å². The van der Waals surface area contributed by atoms with Gasteiger partial charge in [-0.3, -0.25) is 0 Å². The van der Waals surface area contributed by atoms with Gasteiger partial charge in [0.15, 0.2) is 11.5 Å². The Morgan fingerprint density at radius 2 is 1.88 bits per heavy atom. The fourth-order valence-electron chi connectivity index (χ4n) is 2.54. The molecule has 0 amide bonds. The molecule has 0 aliphatic heterocycles. The first-order valence-electron chi connectivity index (χ1n) is 5.72. The van der Waals surface area contributed by atoms with Crippen molar-refractivity contribution in [3.63, 3.8) is 0 Å². The minimum Gasteiger partial charge on any atom is -0.504 e. The Labute approximate surface area is 99.6 Å². The van der Waals surface area contributed by atoms with Gasteiger partial charge in [-0.1, -0.05) is 25.0 Å². The molecule has 0 spiro atoms. The number of aryl methyl sites for hydroxylation is 1. The Morgan fingerprint density at radius 1 is 1.24 bits per heavy atom. The Balaban J connectivity index is 2.58. The Bertz CT molecular complexity index is 484. The maximum atomic E-state index is 10.6. The molecule has 0 radical (unpaired) electrons. The van der Waals surface area contributed by atoms with E-state index in [1.807, 2.05) is 0 Å². The normalized spacial score (nSPS) is 17.7. The Hall–Kier alpha value is -1.80. The lowest BCUT2D eigenvalue weighted by Gasteiger charge is -2.24. The molecule has 0 unspecified atom stereocenters. The van der Waals surface area contributed by atoms with Gasteiger partial charge in [0, 0.05) is 5.56 Å². The number of benzene rings is 1. The van der Waals surface area contributed by atoms with Crippen molar-refractivity contribution in [2.24, 2.45) is 4.99 Å². The standard InChI is InChI=1S/C13H15NO3/c1-9-4-5-10(12(17)11(9)16)13(14-8-15)6-2-3-7-13/h4-5,16-17H,2-3,6-7H2,1H3. The molecule has 1 saturated carbocycles. The number of aliphatic imine (C=N–C) groups is 1. The average Bonchev–Trinajstić information content (AvgIpc) is 2.76. The first-order chi connectivity index (χ1) is 8.10. The van der Waals surface area contributed by atoms with Gasteiger partial charge in [-0.25, -0.2) is 4.79 Å². The van der Waals surface area contributed by atoms with E-state index < -0.39 is 5.54 Å². The van der Waals surface area contributed by atoms with E-state index >= 15 is 0 Å². The summed E-state index contributed by atoms with van der Waals surface area (Å²) in [6.45, 7) is 1.71. The minimum absolute atomic E-state index is 0.130. The predicted molar refractivity (Wildman–Crippen MR) is 62.8 cm³/mol. The van der Waals surface area contributed by atoms with Crippen molar-refractivity contribution in [3.8, 4) is 11.5 Å². The van der Waals surface area contributed by atoms with Crippen molar-refractivity contribution < 1.29 is 15.0 Å². The molecule has 1 aliphatic carbocycles. The molecule has 1 fully saturated rings. The van der Waals surface area contributed by atoms with Gasteiger partial charge in [-0.2, -0.15) is 4.99 Å². The molecule has 17 heavy (non-hydrogen) atoms. The Morgan fingerprint density at radius 3 is 2.47 bits per heavy atom. The van der Waals surface area contributed by atoms with Gasteiger partial charge >= 0.3 is 0 Å². The monoisotopic (exact) mass is 233 g/mol. The number of hydrogen-bond acceptors (Lipinski definition) is 4. The summed E-state index contributed by atoms with van der Waals surface area (Å²) in [5.74, 6) is -0.291. The van der Waals surface area contributed by atoms with E-state index in [0.29, 0.717) is 24.0 Å². The summed E-state index contributed by atoms with van der Waals surface area (Å²) in [5, 5.41) is 19.7. The van der Waals surface area contributed by atoms with Crippen molar-refractivity contribution in [3.05, 3.63) is 23.3 Å². The number of nitrogens with zero attached hydrogens (tertiary/aromatic N) is 1. The van der Waals surface area contributed by atoms with Crippen LogP contribution >= 0.6 is 0 Å². The van der Waals surface area contributed by atoms with Gasteiger partial charge in [-0.15, -0.1) is 0 Å². The molecule has 0 saturated heterocycles. The molecule has 1 aliphatic rings. The number of phenolic OH excluding ortho intramolecular Hbond substituents is 2. The van der Waals surface area contributed by atoms with Crippen LogP contribution in [0, 0.1) is 6.92 Å². The number of aromatic hydroxyl groups is 2. The maximum Gasteiger partial charge on any atom is 0.235 e. The van der Waals surface area contributed by atoms with Crippen molar-refractivity contribution >= 4 is 6.08 Å². The zero-order valence-electron chi connectivity index (χ0n) is 9.73. The molecular weight excluding hydrogens is 218 g/mol. The predicted octanol–water partition coefficient (Wildman–Crippen LogP) is 2.51. The number of carbonyl (C=O) groups excluding carboxylic acids is 1. The highest BCUT2D eigenvalue weighted by molar-refractivity contribution is 5.53. The maximum absolute atomic E-state index is 10.6. The summed E-state index contributed by atoms with van der Waals surface area (Å²) < 4.78 is 0. The highest BCUT2D eigenvalue weighted by Gasteiger charge is 2.38.